The summed E-state index contributed by atoms with van der Waals surface area (Å²) in [5.41, 5.74) is 0.272. The number of carbonyl (C=O) groups is 1. The minimum atomic E-state index is -4.55. The Morgan fingerprint density at radius 2 is 1.86 bits per heavy atom. The number of amides is 1. The number of nitriles is 1. The van der Waals surface area contributed by atoms with Crippen molar-refractivity contribution < 1.29 is 18.0 Å². The zero-order valence-corrected chi connectivity index (χ0v) is 14.3. The van der Waals surface area contributed by atoms with Gasteiger partial charge in [0, 0.05) is 11.8 Å². The van der Waals surface area contributed by atoms with Gasteiger partial charge in [-0.15, -0.1) is 0 Å². The van der Waals surface area contributed by atoms with Crippen LogP contribution < -0.4 is 5.32 Å². The normalized spacial score (nSPS) is 12.1. The predicted octanol–water partition coefficient (Wildman–Crippen LogP) is 4.16. The largest absolute Gasteiger partial charge is 0.416 e. The first-order valence-electron chi connectivity index (χ1n) is 8.13. The van der Waals surface area contributed by atoms with E-state index in [4.69, 9.17) is 0 Å². The van der Waals surface area contributed by atoms with Gasteiger partial charge in [0.25, 0.3) is 5.91 Å². The lowest BCUT2D eigenvalue weighted by molar-refractivity contribution is -0.137. The van der Waals surface area contributed by atoms with Gasteiger partial charge in [0.2, 0.25) is 0 Å². The van der Waals surface area contributed by atoms with Crippen molar-refractivity contribution in [3.05, 3.63) is 83.8 Å². The zero-order valence-electron chi connectivity index (χ0n) is 14.3. The Balaban J connectivity index is 1.90. The number of carbonyl (C=O) groups excluding carboxylic acids is 1. The summed E-state index contributed by atoms with van der Waals surface area (Å²) >= 11 is 0. The molecule has 1 amide bonds. The molecule has 2 aromatic carbocycles. The van der Waals surface area contributed by atoms with Crippen molar-refractivity contribution >= 4 is 5.91 Å². The topological polar surface area (TPSA) is 78.7 Å². The Hall–Kier alpha value is -3.73. The Morgan fingerprint density at radius 1 is 1.11 bits per heavy atom. The quantitative estimate of drug-likeness (QED) is 0.735. The number of nitrogens with one attached hydrogen (secondary N) is 1. The molecule has 0 fully saturated rings. The van der Waals surface area contributed by atoms with E-state index in [-0.39, 0.29) is 11.1 Å². The maximum absolute atomic E-state index is 12.9. The van der Waals surface area contributed by atoms with E-state index >= 15 is 0 Å². The third-order valence-electron chi connectivity index (χ3n) is 3.96. The first-order chi connectivity index (χ1) is 13.4. The van der Waals surface area contributed by atoms with Crippen LogP contribution in [0.15, 0.2) is 67.1 Å². The average molecular weight is 382 g/mol. The molecule has 28 heavy (non-hydrogen) atoms. The Bertz CT molecular complexity index is 1030. The van der Waals surface area contributed by atoms with Gasteiger partial charge in [-0.25, -0.2) is 9.97 Å². The van der Waals surface area contributed by atoms with Crippen molar-refractivity contribution in [1.29, 1.82) is 5.26 Å². The Morgan fingerprint density at radius 3 is 2.54 bits per heavy atom. The highest BCUT2D eigenvalue weighted by atomic mass is 19.4. The molecule has 0 bridgehead atoms. The third kappa shape index (κ3) is 4.15. The van der Waals surface area contributed by atoms with Crippen molar-refractivity contribution in [1.82, 2.24) is 15.3 Å². The van der Waals surface area contributed by atoms with Crippen LogP contribution in [-0.2, 0) is 6.18 Å². The number of alkyl halides is 3. The third-order valence-corrected chi connectivity index (χ3v) is 3.96. The maximum Gasteiger partial charge on any atom is 0.416 e. The summed E-state index contributed by atoms with van der Waals surface area (Å²) < 4.78 is 38.7. The molecule has 140 valence electrons. The second kappa shape index (κ2) is 7.88. The van der Waals surface area contributed by atoms with Gasteiger partial charge >= 0.3 is 6.18 Å². The lowest BCUT2D eigenvalue weighted by atomic mass is 10.0. The van der Waals surface area contributed by atoms with Gasteiger partial charge in [-0.1, -0.05) is 42.5 Å². The van der Waals surface area contributed by atoms with Crippen LogP contribution in [0.3, 0.4) is 0 Å². The van der Waals surface area contributed by atoms with Crippen LogP contribution in [0, 0.1) is 11.3 Å². The number of rotatable bonds is 4. The number of benzene rings is 2. The van der Waals surface area contributed by atoms with Crippen molar-refractivity contribution in [2.75, 3.05) is 0 Å². The summed E-state index contributed by atoms with van der Waals surface area (Å²) in [7, 11) is 0. The Kier molecular flexibility index (Phi) is 5.36. The summed E-state index contributed by atoms with van der Waals surface area (Å²) in [6.07, 6.45) is -1.97. The smallest absolute Gasteiger partial charge is 0.332 e. The molecule has 0 saturated carbocycles. The van der Waals surface area contributed by atoms with Crippen LogP contribution in [0.1, 0.15) is 27.5 Å². The van der Waals surface area contributed by atoms with E-state index in [0.717, 1.165) is 12.1 Å². The monoisotopic (exact) mass is 382 g/mol. The summed E-state index contributed by atoms with van der Waals surface area (Å²) in [6, 6.07) is 13.7. The molecule has 0 spiro atoms. The van der Waals surface area contributed by atoms with Crippen molar-refractivity contribution in [3.8, 4) is 17.3 Å². The molecule has 3 rings (SSSR count). The van der Waals surface area contributed by atoms with Gasteiger partial charge in [0.1, 0.15) is 12.4 Å². The van der Waals surface area contributed by atoms with E-state index in [9.17, 15) is 23.2 Å². The minimum absolute atomic E-state index is 0.0313. The van der Waals surface area contributed by atoms with Gasteiger partial charge in [0.15, 0.2) is 0 Å². The number of aromatic nitrogens is 2. The standard InChI is InChI=1S/C20H13F3N4O/c21-20(22,23)15-8-4-7-14(9-15)17(10-24)27-19(28)16-11-25-12-26-18(16)13-5-2-1-3-6-13/h1-9,11-12,17H,(H,27,28). The molecule has 0 aliphatic rings. The molecule has 3 aromatic rings. The van der Waals surface area contributed by atoms with Gasteiger partial charge in [0.05, 0.1) is 22.9 Å². The molecule has 0 aliphatic carbocycles. The fourth-order valence-electron chi connectivity index (χ4n) is 2.62. The second-order valence-corrected chi connectivity index (χ2v) is 5.81. The molecule has 1 N–H and O–H groups in total. The van der Waals surface area contributed by atoms with Crippen LogP contribution >= 0.6 is 0 Å². The highest BCUT2D eigenvalue weighted by molar-refractivity contribution is 5.99. The van der Waals surface area contributed by atoms with Crippen LogP contribution in [-0.4, -0.2) is 15.9 Å². The first-order valence-corrected chi connectivity index (χ1v) is 8.13. The van der Waals surface area contributed by atoms with Crippen LogP contribution in [0.4, 0.5) is 13.2 Å². The fourth-order valence-corrected chi connectivity index (χ4v) is 2.62. The summed E-state index contributed by atoms with van der Waals surface area (Å²) in [5.74, 6) is -0.664. The summed E-state index contributed by atoms with van der Waals surface area (Å²) in [6.45, 7) is 0. The lowest BCUT2D eigenvalue weighted by Crippen LogP contribution is -2.28. The van der Waals surface area contributed by atoms with E-state index in [2.05, 4.69) is 15.3 Å². The van der Waals surface area contributed by atoms with E-state index < -0.39 is 23.7 Å². The van der Waals surface area contributed by atoms with Gasteiger partial charge in [-0.3, -0.25) is 4.79 Å². The zero-order chi connectivity index (χ0) is 20.1. The van der Waals surface area contributed by atoms with Crippen LogP contribution in [0.2, 0.25) is 0 Å². The number of hydrogen-bond acceptors (Lipinski definition) is 4. The first kappa shape index (κ1) is 19.0. The molecule has 1 aromatic heterocycles. The van der Waals surface area contributed by atoms with Gasteiger partial charge in [-0.2, -0.15) is 18.4 Å². The average Bonchev–Trinajstić information content (AvgIpc) is 2.72. The van der Waals surface area contributed by atoms with Crippen LogP contribution in [0.5, 0.6) is 0 Å². The van der Waals surface area contributed by atoms with E-state index in [1.54, 1.807) is 24.3 Å². The number of halogens is 3. The number of nitrogens with zero attached hydrogens (tertiary/aromatic N) is 3. The fraction of sp³-hybridized carbons (Fsp3) is 0.100. The minimum Gasteiger partial charge on any atom is -0.332 e. The molecular weight excluding hydrogens is 369 g/mol. The second-order valence-electron chi connectivity index (χ2n) is 5.81. The molecule has 1 atom stereocenters. The van der Waals surface area contributed by atoms with Crippen molar-refractivity contribution in [2.24, 2.45) is 0 Å². The molecule has 0 aliphatic heterocycles. The molecule has 0 radical (unpaired) electrons. The Labute approximate surface area is 158 Å². The molecule has 1 unspecified atom stereocenters. The molecule has 0 saturated heterocycles. The van der Waals surface area contributed by atoms with E-state index in [1.165, 1.54) is 24.7 Å². The summed E-state index contributed by atoms with van der Waals surface area (Å²) in [4.78, 5) is 20.7. The lowest BCUT2D eigenvalue weighted by Gasteiger charge is -2.15. The molecule has 1 heterocycles. The van der Waals surface area contributed by atoms with Gasteiger partial charge < -0.3 is 5.32 Å². The summed E-state index contributed by atoms with van der Waals surface area (Å²) in [5, 5.41) is 11.8. The molecule has 8 heteroatoms. The van der Waals surface area contributed by atoms with Crippen molar-refractivity contribution in [2.45, 2.75) is 12.2 Å². The van der Waals surface area contributed by atoms with Gasteiger partial charge in [-0.05, 0) is 17.7 Å². The highest BCUT2D eigenvalue weighted by Crippen LogP contribution is 2.31. The highest BCUT2D eigenvalue weighted by Gasteiger charge is 2.31. The maximum atomic E-state index is 12.9. The SMILES string of the molecule is N#CC(NC(=O)c1cncnc1-c1ccccc1)c1cccc(C(F)(F)F)c1. The van der Waals surface area contributed by atoms with E-state index in [1.807, 2.05) is 12.1 Å². The predicted molar refractivity (Wildman–Crippen MR) is 94.7 cm³/mol. The number of hydrogen-bond donors (Lipinski definition) is 1. The van der Waals surface area contributed by atoms with Crippen molar-refractivity contribution in [3.63, 3.8) is 0 Å². The molecular formula is C20H13F3N4O. The van der Waals surface area contributed by atoms with E-state index in [0.29, 0.717) is 11.3 Å². The molecule has 5 nitrogen and oxygen atoms in total. The van der Waals surface area contributed by atoms with Crippen LogP contribution in [0.25, 0.3) is 11.3 Å².